The summed E-state index contributed by atoms with van der Waals surface area (Å²) in [5, 5.41) is 0. The van der Waals surface area contributed by atoms with E-state index in [1.165, 1.54) is 5.56 Å². The monoisotopic (exact) mass is 223 g/mol. The first-order chi connectivity index (χ1) is 8.42. The summed E-state index contributed by atoms with van der Waals surface area (Å²) in [7, 11) is 0. The van der Waals surface area contributed by atoms with Crippen LogP contribution in [-0.4, -0.2) is 0 Å². The lowest BCUT2D eigenvalue weighted by atomic mass is 10.1. The van der Waals surface area contributed by atoms with Crippen LogP contribution in [0.2, 0.25) is 0 Å². The SMILES string of the molecule is C1=C(Cc2ccccc2)NOc2ccccc21. The summed E-state index contributed by atoms with van der Waals surface area (Å²) >= 11 is 0. The molecule has 1 aliphatic heterocycles. The lowest BCUT2D eigenvalue weighted by Crippen LogP contribution is -2.22. The molecule has 0 aromatic heterocycles. The van der Waals surface area contributed by atoms with Crippen LogP contribution in [0.1, 0.15) is 11.1 Å². The van der Waals surface area contributed by atoms with Crippen LogP contribution < -0.4 is 10.3 Å². The maximum atomic E-state index is 5.49. The molecule has 1 heterocycles. The Hall–Kier alpha value is -2.22. The number of nitrogens with one attached hydrogen (secondary N) is 1. The molecule has 0 saturated heterocycles. The molecule has 3 rings (SSSR count). The first-order valence-electron chi connectivity index (χ1n) is 5.68. The Bertz CT molecular complexity index is 546. The molecule has 1 N–H and O–H groups in total. The van der Waals surface area contributed by atoms with Gasteiger partial charge in [-0.05, 0) is 17.7 Å². The molecular formula is C15H13NO. The van der Waals surface area contributed by atoms with E-state index in [1.54, 1.807) is 0 Å². The molecule has 2 nitrogen and oxygen atoms in total. The number of hydrogen-bond donors (Lipinski definition) is 1. The second kappa shape index (κ2) is 4.34. The number of para-hydroxylation sites is 1. The number of fused-ring (bicyclic) bond motifs is 1. The molecule has 2 heteroatoms. The van der Waals surface area contributed by atoms with Crippen LogP contribution in [0, 0.1) is 0 Å². The average molecular weight is 223 g/mol. The van der Waals surface area contributed by atoms with E-state index in [1.807, 2.05) is 36.4 Å². The van der Waals surface area contributed by atoms with Crippen LogP contribution >= 0.6 is 0 Å². The topological polar surface area (TPSA) is 21.3 Å². The first-order valence-corrected chi connectivity index (χ1v) is 5.68. The summed E-state index contributed by atoms with van der Waals surface area (Å²) in [5.41, 5.74) is 6.46. The highest BCUT2D eigenvalue weighted by Gasteiger charge is 2.10. The molecule has 2 aromatic rings. The maximum Gasteiger partial charge on any atom is 0.162 e. The van der Waals surface area contributed by atoms with Gasteiger partial charge in [-0.3, -0.25) is 0 Å². The van der Waals surface area contributed by atoms with Crippen molar-refractivity contribution >= 4 is 6.08 Å². The summed E-state index contributed by atoms with van der Waals surface area (Å²) < 4.78 is 0. The Labute approximate surface area is 101 Å². The van der Waals surface area contributed by atoms with Crippen molar-refractivity contribution in [1.82, 2.24) is 5.48 Å². The Morgan fingerprint density at radius 2 is 1.65 bits per heavy atom. The normalized spacial score (nSPS) is 13.1. The fourth-order valence-corrected chi connectivity index (χ4v) is 1.93. The molecule has 0 bridgehead atoms. The number of allylic oxidation sites excluding steroid dienone is 1. The molecule has 0 radical (unpaired) electrons. The molecule has 84 valence electrons. The van der Waals surface area contributed by atoms with Gasteiger partial charge < -0.3 is 4.84 Å². The summed E-state index contributed by atoms with van der Waals surface area (Å²) in [6.45, 7) is 0. The lowest BCUT2D eigenvalue weighted by Gasteiger charge is -2.18. The van der Waals surface area contributed by atoms with Crippen molar-refractivity contribution in [3.05, 3.63) is 71.4 Å². The number of hydrogen-bond acceptors (Lipinski definition) is 2. The smallest absolute Gasteiger partial charge is 0.162 e. The van der Waals surface area contributed by atoms with Crippen molar-refractivity contribution < 1.29 is 4.84 Å². The molecule has 1 aliphatic rings. The minimum atomic E-state index is 0.856. The zero-order valence-electron chi connectivity index (χ0n) is 9.39. The molecule has 17 heavy (non-hydrogen) atoms. The van der Waals surface area contributed by atoms with E-state index in [9.17, 15) is 0 Å². The highest BCUT2D eigenvalue weighted by atomic mass is 16.6. The highest BCUT2D eigenvalue weighted by Crippen LogP contribution is 2.24. The standard InChI is InChI=1S/C15H13NO/c1-2-6-12(7-3-1)10-14-11-13-8-4-5-9-15(13)17-16-14/h1-9,11,16H,10H2. The quantitative estimate of drug-likeness (QED) is 0.844. The van der Waals surface area contributed by atoms with Crippen molar-refractivity contribution in [3.63, 3.8) is 0 Å². The number of hydroxylamine groups is 1. The van der Waals surface area contributed by atoms with Gasteiger partial charge >= 0.3 is 0 Å². The summed E-state index contributed by atoms with van der Waals surface area (Å²) in [6, 6.07) is 18.4. The van der Waals surface area contributed by atoms with Crippen LogP contribution in [0.15, 0.2) is 60.3 Å². The van der Waals surface area contributed by atoms with E-state index in [0.29, 0.717) is 0 Å². The predicted molar refractivity (Wildman–Crippen MR) is 68.3 cm³/mol. The molecule has 2 aromatic carbocycles. The second-order valence-electron chi connectivity index (χ2n) is 4.07. The molecule has 0 atom stereocenters. The van der Waals surface area contributed by atoms with Crippen molar-refractivity contribution in [3.8, 4) is 5.75 Å². The van der Waals surface area contributed by atoms with Gasteiger partial charge in [-0.15, -0.1) is 0 Å². The molecule has 0 spiro atoms. The minimum Gasteiger partial charge on any atom is -0.382 e. The maximum absolute atomic E-state index is 5.49. The molecule has 0 aliphatic carbocycles. The highest BCUT2D eigenvalue weighted by molar-refractivity contribution is 5.61. The van der Waals surface area contributed by atoms with E-state index >= 15 is 0 Å². The van der Waals surface area contributed by atoms with Gasteiger partial charge in [0.05, 0.1) is 5.70 Å². The predicted octanol–water partition coefficient (Wildman–Crippen LogP) is 3.17. The van der Waals surface area contributed by atoms with Crippen LogP contribution in [0.4, 0.5) is 0 Å². The van der Waals surface area contributed by atoms with Gasteiger partial charge in [0.1, 0.15) is 0 Å². The second-order valence-corrected chi connectivity index (χ2v) is 4.07. The molecule has 0 amide bonds. The van der Waals surface area contributed by atoms with E-state index < -0.39 is 0 Å². The van der Waals surface area contributed by atoms with Gasteiger partial charge in [0.15, 0.2) is 5.75 Å². The third kappa shape index (κ3) is 2.16. The average Bonchev–Trinajstić information content (AvgIpc) is 2.40. The van der Waals surface area contributed by atoms with Gasteiger partial charge in [0, 0.05) is 12.0 Å². The third-order valence-electron chi connectivity index (χ3n) is 2.78. The van der Waals surface area contributed by atoms with Crippen LogP contribution in [-0.2, 0) is 6.42 Å². The third-order valence-corrected chi connectivity index (χ3v) is 2.78. The van der Waals surface area contributed by atoms with Crippen molar-refractivity contribution in [2.45, 2.75) is 6.42 Å². The zero-order valence-corrected chi connectivity index (χ0v) is 9.39. The molecule has 0 unspecified atom stereocenters. The number of benzene rings is 2. The summed E-state index contributed by atoms with van der Waals surface area (Å²) in [4.78, 5) is 5.49. The van der Waals surface area contributed by atoms with E-state index in [2.05, 4.69) is 29.8 Å². The van der Waals surface area contributed by atoms with Crippen LogP contribution in [0.5, 0.6) is 5.75 Å². The van der Waals surface area contributed by atoms with Crippen molar-refractivity contribution in [2.24, 2.45) is 0 Å². The summed E-state index contributed by atoms with van der Waals surface area (Å²) in [5.74, 6) is 0.879. The van der Waals surface area contributed by atoms with Gasteiger partial charge in [-0.1, -0.05) is 48.5 Å². The Morgan fingerprint density at radius 3 is 2.53 bits per heavy atom. The van der Waals surface area contributed by atoms with Gasteiger partial charge in [0.2, 0.25) is 0 Å². The lowest BCUT2D eigenvalue weighted by molar-refractivity contribution is 0.222. The van der Waals surface area contributed by atoms with E-state index in [-0.39, 0.29) is 0 Å². The van der Waals surface area contributed by atoms with Gasteiger partial charge in [-0.25, -0.2) is 5.48 Å². The molecule has 0 saturated carbocycles. The zero-order chi connectivity index (χ0) is 11.5. The van der Waals surface area contributed by atoms with Crippen LogP contribution in [0.25, 0.3) is 6.08 Å². The van der Waals surface area contributed by atoms with E-state index in [4.69, 9.17) is 4.84 Å². The largest absolute Gasteiger partial charge is 0.382 e. The summed E-state index contributed by atoms with van der Waals surface area (Å²) in [6.07, 6.45) is 2.99. The Kier molecular flexibility index (Phi) is 2.54. The fraction of sp³-hybridized carbons (Fsp3) is 0.0667. The van der Waals surface area contributed by atoms with Gasteiger partial charge in [0.25, 0.3) is 0 Å². The minimum absolute atomic E-state index is 0.856. The molecular weight excluding hydrogens is 210 g/mol. The van der Waals surface area contributed by atoms with E-state index in [0.717, 1.165) is 23.4 Å². The van der Waals surface area contributed by atoms with Crippen LogP contribution in [0.3, 0.4) is 0 Å². The Balaban J connectivity index is 1.85. The van der Waals surface area contributed by atoms with Crippen molar-refractivity contribution in [1.29, 1.82) is 0 Å². The Morgan fingerprint density at radius 1 is 0.882 bits per heavy atom. The van der Waals surface area contributed by atoms with Gasteiger partial charge in [-0.2, -0.15) is 0 Å². The number of rotatable bonds is 2. The van der Waals surface area contributed by atoms with Crippen molar-refractivity contribution in [2.75, 3.05) is 0 Å². The fourth-order valence-electron chi connectivity index (χ4n) is 1.93. The first kappa shape index (κ1) is 9.97. The molecule has 0 fully saturated rings.